The van der Waals surface area contributed by atoms with E-state index in [1.165, 1.54) is 18.3 Å². The first-order chi connectivity index (χ1) is 13.1. The van der Waals surface area contributed by atoms with Gasteiger partial charge in [-0.15, -0.1) is 0 Å². The molecule has 2 aliphatic heterocycles. The second-order valence-corrected chi connectivity index (χ2v) is 6.67. The van der Waals surface area contributed by atoms with Crippen molar-refractivity contribution in [3.05, 3.63) is 59.4 Å². The van der Waals surface area contributed by atoms with Crippen molar-refractivity contribution in [1.82, 2.24) is 4.98 Å². The van der Waals surface area contributed by atoms with E-state index in [1.807, 2.05) is 0 Å². The minimum absolute atomic E-state index is 0.128. The largest absolute Gasteiger partial charge is 0.478 e. The van der Waals surface area contributed by atoms with Crippen LogP contribution in [-0.2, 0) is 16.3 Å². The van der Waals surface area contributed by atoms with Gasteiger partial charge in [0.15, 0.2) is 11.2 Å². The van der Waals surface area contributed by atoms with Gasteiger partial charge in [-0.2, -0.15) is 22.0 Å². The molecule has 0 bridgehead atoms. The van der Waals surface area contributed by atoms with Crippen LogP contribution in [0, 0.1) is 0 Å². The summed E-state index contributed by atoms with van der Waals surface area (Å²) in [6.45, 7) is -2.58. The van der Waals surface area contributed by atoms with Crippen molar-refractivity contribution < 1.29 is 40.2 Å². The molecule has 2 unspecified atom stereocenters. The topological polar surface area (TPSA) is 34.6 Å². The number of halogens is 7. The van der Waals surface area contributed by atoms with Crippen LogP contribution in [0.4, 0.5) is 30.7 Å². The number of nitrogens with zero attached hydrogens (tertiary/aromatic N) is 1. The lowest BCUT2D eigenvalue weighted by molar-refractivity contribution is -0.289. The maximum atomic E-state index is 13.8. The molecule has 0 N–H and O–H groups in total. The van der Waals surface area contributed by atoms with E-state index in [9.17, 15) is 30.7 Å². The van der Waals surface area contributed by atoms with E-state index >= 15 is 0 Å². The van der Waals surface area contributed by atoms with E-state index in [2.05, 4.69) is 4.98 Å². The number of pyridine rings is 1. The maximum absolute atomic E-state index is 13.8. The molecule has 2 aromatic rings. The zero-order valence-corrected chi connectivity index (χ0v) is 13.9. The summed E-state index contributed by atoms with van der Waals surface area (Å²) in [5.41, 5.74) is -5.11. The summed E-state index contributed by atoms with van der Waals surface area (Å²) in [6, 6.07) is 6.47. The van der Waals surface area contributed by atoms with Gasteiger partial charge in [0.2, 0.25) is 0 Å². The van der Waals surface area contributed by atoms with Crippen molar-refractivity contribution in [1.29, 1.82) is 0 Å². The zero-order valence-electron chi connectivity index (χ0n) is 13.9. The van der Waals surface area contributed by atoms with Crippen LogP contribution in [0.3, 0.4) is 0 Å². The van der Waals surface area contributed by atoms with Gasteiger partial charge in [0.1, 0.15) is 25.2 Å². The van der Waals surface area contributed by atoms with Gasteiger partial charge in [-0.25, -0.2) is 8.78 Å². The molecule has 3 heterocycles. The summed E-state index contributed by atoms with van der Waals surface area (Å²) in [7, 11) is 0. The number of rotatable bonds is 4. The minimum atomic E-state index is -5.82. The highest BCUT2D eigenvalue weighted by molar-refractivity contribution is 5.54. The van der Waals surface area contributed by atoms with Crippen LogP contribution in [-0.4, -0.2) is 36.2 Å². The third-order valence-electron chi connectivity index (χ3n) is 5.00. The number of ether oxygens (including phenoxy) is 2. The fraction of sp³-hybridized carbons (Fsp3) is 0.389. The van der Waals surface area contributed by atoms with Crippen LogP contribution in [0.25, 0.3) is 0 Å². The highest BCUT2D eigenvalue weighted by atomic mass is 19.4. The van der Waals surface area contributed by atoms with E-state index in [4.69, 9.17) is 9.47 Å². The number of aromatic nitrogens is 1. The lowest BCUT2D eigenvalue weighted by Crippen LogP contribution is -2.52. The van der Waals surface area contributed by atoms with Gasteiger partial charge < -0.3 is 9.47 Å². The van der Waals surface area contributed by atoms with Gasteiger partial charge in [-0.1, -0.05) is 6.07 Å². The molecule has 4 rings (SSSR count). The number of hydrogen-bond acceptors (Lipinski definition) is 3. The second-order valence-electron chi connectivity index (χ2n) is 6.67. The molecule has 0 saturated carbocycles. The average Bonchev–Trinajstić information content (AvgIpc) is 3.45. The van der Waals surface area contributed by atoms with E-state index in [0.29, 0.717) is 12.1 Å². The Balaban J connectivity index is 1.92. The molecule has 1 fully saturated rings. The van der Waals surface area contributed by atoms with Gasteiger partial charge in [0.05, 0.1) is 5.69 Å². The molecule has 0 aliphatic carbocycles. The van der Waals surface area contributed by atoms with Crippen molar-refractivity contribution in [3.8, 4) is 5.75 Å². The summed E-state index contributed by atoms with van der Waals surface area (Å²) in [6.07, 6.45) is -5.74. The Morgan fingerprint density at radius 3 is 2.29 bits per heavy atom. The standard InChI is InChI=1S/C18H12F7NO2/c19-8-15(9-20)14-16(28-14,13-3-1-2-6-26-13)11-7-10(4-5-12(11)27-15)17(21,22)18(23,24)25/h1-7,14H,8-9H2. The first kappa shape index (κ1) is 19.0. The Morgan fingerprint density at radius 2 is 1.71 bits per heavy atom. The number of fused-ring (bicyclic) bond motifs is 3. The first-order valence-electron chi connectivity index (χ1n) is 8.12. The molecule has 1 saturated heterocycles. The highest BCUT2D eigenvalue weighted by Gasteiger charge is 2.74. The van der Waals surface area contributed by atoms with Crippen molar-refractivity contribution >= 4 is 0 Å². The molecular formula is C18H12F7NO2. The summed E-state index contributed by atoms with van der Waals surface area (Å²) in [5.74, 6) is -5.37. The number of alkyl halides is 7. The van der Waals surface area contributed by atoms with Gasteiger partial charge in [-0.05, 0) is 30.3 Å². The van der Waals surface area contributed by atoms with Crippen LogP contribution in [0.15, 0.2) is 42.6 Å². The molecule has 10 heteroatoms. The summed E-state index contributed by atoms with van der Waals surface area (Å²) < 4.78 is 104. The third-order valence-corrected chi connectivity index (χ3v) is 5.00. The fourth-order valence-electron chi connectivity index (χ4n) is 3.52. The summed E-state index contributed by atoms with van der Waals surface area (Å²) in [4.78, 5) is 4.05. The van der Waals surface area contributed by atoms with Crippen LogP contribution in [0.1, 0.15) is 16.8 Å². The molecule has 3 nitrogen and oxygen atoms in total. The molecular weight excluding hydrogens is 395 g/mol. The fourth-order valence-corrected chi connectivity index (χ4v) is 3.52. The van der Waals surface area contributed by atoms with E-state index in [0.717, 1.165) is 6.07 Å². The number of hydrogen-bond donors (Lipinski definition) is 0. The molecule has 2 atom stereocenters. The average molecular weight is 407 g/mol. The monoisotopic (exact) mass is 407 g/mol. The SMILES string of the molecule is FCC1(CF)Oc2ccc(C(F)(F)C(F)(F)F)cc2C2(c3ccccn3)OC12. The molecule has 1 aromatic heterocycles. The van der Waals surface area contributed by atoms with Gasteiger partial charge in [0.25, 0.3) is 0 Å². The Labute approximate surface area is 154 Å². The molecule has 2 aliphatic rings. The van der Waals surface area contributed by atoms with Crippen LogP contribution in [0.5, 0.6) is 5.75 Å². The van der Waals surface area contributed by atoms with Crippen LogP contribution >= 0.6 is 0 Å². The Kier molecular flexibility index (Phi) is 3.94. The smallest absolute Gasteiger partial charge is 0.458 e. The summed E-state index contributed by atoms with van der Waals surface area (Å²) >= 11 is 0. The van der Waals surface area contributed by atoms with Gasteiger partial charge in [-0.3, -0.25) is 4.98 Å². The molecule has 1 aromatic carbocycles. The maximum Gasteiger partial charge on any atom is 0.458 e. The molecule has 28 heavy (non-hydrogen) atoms. The molecule has 0 amide bonds. The molecule has 0 spiro atoms. The number of epoxide rings is 1. The second kappa shape index (κ2) is 5.82. The van der Waals surface area contributed by atoms with Crippen LogP contribution in [0.2, 0.25) is 0 Å². The quantitative estimate of drug-likeness (QED) is 0.555. The predicted molar refractivity (Wildman–Crippen MR) is 81.6 cm³/mol. The number of benzene rings is 1. The zero-order chi connectivity index (χ0) is 20.4. The van der Waals surface area contributed by atoms with E-state index < -0.39 is 48.3 Å². The van der Waals surface area contributed by atoms with Crippen molar-refractivity contribution in [3.63, 3.8) is 0 Å². The molecule has 150 valence electrons. The van der Waals surface area contributed by atoms with Crippen molar-refractivity contribution in [2.45, 2.75) is 29.4 Å². The third kappa shape index (κ3) is 2.36. The Morgan fingerprint density at radius 1 is 1.00 bits per heavy atom. The van der Waals surface area contributed by atoms with Crippen molar-refractivity contribution in [2.75, 3.05) is 13.3 Å². The normalized spacial score (nSPS) is 25.5. The first-order valence-corrected chi connectivity index (χ1v) is 8.12. The predicted octanol–water partition coefficient (Wildman–Crippen LogP) is 4.45. The minimum Gasteiger partial charge on any atom is -0.478 e. The van der Waals surface area contributed by atoms with Crippen LogP contribution < -0.4 is 4.74 Å². The molecule has 0 radical (unpaired) electrons. The lowest BCUT2D eigenvalue weighted by Gasteiger charge is -2.35. The Hall–Kier alpha value is -2.36. The lowest BCUT2D eigenvalue weighted by atomic mass is 9.80. The highest BCUT2D eigenvalue weighted by Crippen LogP contribution is 2.62. The van der Waals surface area contributed by atoms with E-state index in [-0.39, 0.29) is 17.0 Å². The summed E-state index contributed by atoms with van der Waals surface area (Å²) in [5, 5.41) is 0. The van der Waals surface area contributed by atoms with E-state index in [1.54, 1.807) is 6.07 Å². The van der Waals surface area contributed by atoms with Gasteiger partial charge in [0, 0.05) is 17.3 Å². The van der Waals surface area contributed by atoms with Gasteiger partial charge >= 0.3 is 12.1 Å². The Bertz CT molecular complexity index is 899. The van der Waals surface area contributed by atoms with Crippen molar-refractivity contribution in [2.24, 2.45) is 0 Å².